The molecule has 3 nitrogen and oxygen atoms in total. The number of fused-ring (bicyclic) bond motifs is 2. The number of pyridine rings is 2. The molecule has 0 fully saturated rings. The molecule has 0 bridgehead atoms. The van der Waals surface area contributed by atoms with Gasteiger partial charge in [0, 0.05) is 38.4 Å². The summed E-state index contributed by atoms with van der Waals surface area (Å²) in [5.74, 6) is 0.955. The number of rotatable bonds is 6. The second-order valence-electron chi connectivity index (χ2n) is 9.47. The largest absolute Gasteiger partial charge is 0.357 e. The lowest BCUT2D eigenvalue weighted by molar-refractivity contribution is 0.851. The van der Waals surface area contributed by atoms with Crippen LogP contribution in [0.2, 0.25) is 0 Å². The molecule has 0 unspecified atom stereocenters. The average Bonchev–Trinajstić information content (AvgIpc) is 2.97. The van der Waals surface area contributed by atoms with Crippen molar-refractivity contribution in [2.45, 2.75) is 13.8 Å². The van der Waals surface area contributed by atoms with E-state index in [4.69, 9.17) is 9.97 Å². The van der Waals surface area contributed by atoms with Crippen LogP contribution in [-0.4, -0.2) is 23.1 Å². The molecule has 192 valence electrons. The monoisotopic (exact) mass is 635 g/mol. The summed E-state index contributed by atoms with van der Waals surface area (Å²) in [6, 6.07) is 36.1. The molecule has 0 atom stereocenters. The topological polar surface area (TPSA) is 29.0 Å². The van der Waals surface area contributed by atoms with E-state index in [1.807, 2.05) is 0 Å². The first kappa shape index (κ1) is 25.7. The van der Waals surface area contributed by atoms with Gasteiger partial charge in [0.2, 0.25) is 0 Å². The molecule has 0 saturated heterocycles. The quantitative estimate of drug-likeness (QED) is 0.182. The van der Waals surface area contributed by atoms with Gasteiger partial charge in [0.15, 0.2) is 0 Å². The first-order chi connectivity index (χ1) is 19.1. The number of aromatic nitrogens is 2. The molecule has 5 heteroatoms. The molecule has 0 radical (unpaired) electrons. The molecule has 39 heavy (non-hydrogen) atoms. The molecule has 0 aliphatic carbocycles. The summed E-state index contributed by atoms with van der Waals surface area (Å²) < 4.78 is 2.06. The Morgan fingerprint density at radius 1 is 0.590 bits per heavy atom. The lowest BCUT2D eigenvalue weighted by Crippen LogP contribution is -2.24. The van der Waals surface area contributed by atoms with Crippen LogP contribution in [0.1, 0.15) is 13.8 Å². The molecule has 0 aliphatic heterocycles. The fraction of sp³-hybridized carbons (Fsp3) is 0.118. The maximum Gasteiger partial charge on any atom is 0.139 e. The summed E-state index contributed by atoms with van der Waals surface area (Å²) in [5, 5.41) is 2.21. The molecule has 0 N–H and O–H groups in total. The van der Waals surface area contributed by atoms with Crippen molar-refractivity contribution in [3.05, 3.63) is 112 Å². The Kier molecular flexibility index (Phi) is 7.20. The summed E-state index contributed by atoms with van der Waals surface area (Å²) in [7, 11) is 0. The number of hydrogen-bond acceptors (Lipinski definition) is 3. The van der Waals surface area contributed by atoms with Gasteiger partial charge in [0.1, 0.15) is 5.82 Å². The number of halogens is 2. The van der Waals surface area contributed by atoms with Crippen molar-refractivity contribution in [2.75, 3.05) is 18.0 Å². The van der Waals surface area contributed by atoms with Crippen LogP contribution in [0.15, 0.2) is 112 Å². The SMILES string of the molecule is CCN(CC)c1nc2ccc(Br)cc2c(-c2ccccc2)c1-c1cc(-c2ccccc2)c2cc(Br)ccc2n1. The van der Waals surface area contributed by atoms with Crippen LogP contribution in [-0.2, 0) is 0 Å². The van der Waals surface area contributed by atoms with E-state index in [0.29, 0.717) is 0 Å². The Bertz CT molecular complexity index is 1800. The maximum absolute atomic E-state index is 5.30. The summed E-state index contributed by atoms with van der Waals surface area (Å²) in [6.07, 6.45) is 0. The van der Waals surface area contributed by atoms with Gasteiger partial charge in [-0.15, -0.1) is 0 Å². The lowest BCUT2D eigenvalue weighted by atomic mass is 9.91. The van der Waals surface area contributed by atoms with Gasteiger partial charge in [-0.1, -0.05) is 92.5 Å². The molecular weight excluding hydrogens is 610 g/mol. The summed E-state index contributed by atoms with van der Waals surface area (Å²) in [5.41, 5.74) is 8.49. The van der Waals surface area contributed by atoms with Crippen LogP contribution in [0.25, 0.3) is 55.3 Å². The minimum absolute atomic E-state index is 0.846. The van der Waals surface area contributed by atoms with Gasteiger partial charge in [-0.05, 0) is 73.0 Å². The molecular formula is C34H27Br2N3. The zero-order valence-electron chi connectivity index (χ0n) is 21.8. The van der Waals surface area contributed by atoms with E-state index >= 15 is 0 Å². The molecule has 0 aliphatic rings. The molecule has 6 rings (SSSR count). The van der Waals surface area contributed by atoms with Crippen molar-refractivity contribution in [2.24, 2.45) is 0 Å². The van der Waals surface area contributed by atoms with Crippen molar-refractivity contribution >= 4 is 59.5 Å². The van der Waals surface area contributed by atoms with Gasteiger partial charge in [-0.2, -0.15) is 0 Å². The minimum atomic E-state index is 0.846. The Hall–Kier alpha value is -3.54. The van der Waals surface area contributed by atoms with Gasteiger partial charge < -0.3 is 4.90 Å². The van der Waals surface area contributed by atoms with Crippen LogP contribution < -0.4 is 4.90 Å². The summed E-state index contributed by atoms with van der Waals surface area (Å²) in [6.45, 7) is 6.06. The highest BCUT2D eigenvalue weighted by Crippen LogP contribution is 2.45. The molecule has 2 heterocycles. The Balaban J connectivity index is 1.79. The number of hydrogen-bond donors (Lipinski definition) is 0. The van der Waals surface area contributed by atoms with Crippen molar-refractivity contribution in [1.29, 1.82) is 0 Å². The fourth-order valence-electron chi connectivity index (χ4n) is 5.30. The van der Waals surface area contributed by atoms with Crippen LogP contribution >= 0.6 is 31.9 Å². The number of nitrogens with zero attached hydrogens (tertiary/aromatic N) is 3. The number of anilines is 1. The van der Waals surface area contributed by atoms with E-state index in [1.54, 1.807) is 0 Å². The van der Waals surface area contributed by atoms with Crippen molar-refractivity contribution in [3.8, 4) is 33.5 Å². The molecule has 0 amide bonds. The van der Waals surface area contributed by atoms with Crippen molar-refractivity contribution < 1.29 is 0 Å². The summed E-state index contributed by atoms with van der Waals surface area (Å²) in [4.78, 5) is 12.9. The zero-order chi connectivity index (χ0) is 26.9. The summed E-state index contributed by atoms with van der Waals surface area (Å²) >= 11 is 7.40. The minimum Gasteiger partial charge on any atom is -0.357 e. The van der Waals surface area contributed by atoms with Crippen molar-refractivity contribution in [1.82, 2.24) is 9.97 Å². The maximum atomic E-state index is 5.30. The second kappa shape index (κ2) is 10.9. The zero-order valence-corrected chi connectivity index (χ0v) is 25.0. The predicted molar refractivity (Wildman–Crippen MR) is 172 cm³/mol. The van der Waals surface area contributed by atoms with Gasteiger partial charge in [0.05, 0.1) is 22.3 Å². The Morgan fingerprint density at radius 3 is 1.77 bits per heavy atom. The lowest BCUT2D eigenvalue weighted by Gasteiger charge is -2.26. The van der Waals surface area contributed by atoms with Crippen LogP contribution in [0.3, 0.4) is 0 Å². The van der Waals surface area contributed by atoms with E-state index in [9.17, 15) is 0 Å². The predicted octanol–water partition coefficient (Wildman–Crippen LogP) is 10.2. The first-order valence-electron chi connectivity index (χ1n) is 13.2. The first-order valence-corrected chi connectivity index (χ1v) is 14.8. The highest BCUT2D eigenvalue weighted by Gasteiger charge is 2.23. The van der Waals surface area contributed by atoms with E-state index in [0.717, 1.165) is 83.2 Å². The smallest absolute Gasteiger partial charge is 0.139 e. The average molecular weight is 637 g/mol. The fourth-order valence-corrected chi connectivity index (χ4v) is 6.03. The standard InChI is InChI=1S/C34H27Br2N3/c1-3-39(4-2)34-33(32(23-13-9-6-10-14-23)28-20-25(36)16-18-30(28)38-34)31-21-26(22-11-7-5-8-12-22)27-19-24(35)15-17-29(27)37-31/h5-21H,3-4H2,1-2H3. The van der Waals surface area contributed by atoms with E-state index < -0.39 is 0 Å². The van der Waals surface area contributed by atoms with Gasteiger partial charge >= 0.3 is 0 Å². The highest BCUT2D eigenvalue weighted by atomic mass is 79.9. The number of benzene rings is 4. The van der Waals surface area contributed by atoms with Crippen LogP contribution in [0.5, 0.6) is 0 Å². The molecule has 4 aromatic carbocycles. The Labute approximate surface area is 245 Å². The highest BCUT2D eigenvalue weighted by molar-refractivity contribution is 9.10. The third-order valence-electron chi connectivity index (χ3n) is 7.17. The normalized spacial score (nSPS) is 11.3. The van der Waals surface area contributed by atoms with Gasteiger partial charge in [-0.25, -0.2) is 9.97 Å². The van der Waals surface area contributed by atoms with E-state index in [1.165, 1.54) is 0 Å². The third-order valence-corrected chi connectivity index (χ3v) is 8.15. The van der Waals surface area contributed by atoms with Crippen molar-refractivity contribution in [3.63, 3.8) is 0 Å². The van der Waals surface area contributed by atoms with E-state index in [-0.39, 0.29) is 0 Å². The van der Waals surface area contributed by atoms with Crippen LogP contribution in [0, 0.1) is 0 Å². The second-order valence-corrected chi connectivity index (χ2v) is 11.3. The van der Waals surface area contributed by atoms with Crippen LogP contribution in [0.4, 0.5) is 5.82 Å². The van der Waals surface area contributed by atoms with Gasteiger partial charge in [0.25, 0.3) is 0 Å². The third kappa shape index (κ3) is 4.86. The van der Waals surface area contributed by atoms with E-state index in [2.05, 4.69) is 154 Å². The van der Waals surface area contributed by atoms with Gasteiger partial charge in [-0.3, -0.25) is 0 Å². The molecule has 6 aromatic rings. The Morgan fingerprint density at radius 2 is 1.15 bits per heavy atom. The molecule has 0 spiro atoms. The molecule has 0 saturated carbocycles. The molecule has 2 aromatic heterocycles.